The Hall–Kier alpha value is -1.69. The lowest BCUT2D eigenvalue weighted by Crippen LogP contribution is -1.92. The fraction of sp³-hybridized carbons (Fsp3) is 0.364. The molecule has 0 radical (unpaired) electrons. The van der Waals surface area contributed by atoms with Gasteiger partial charge in [-0.2, -0.15) is 5.26 Å². The summed E-state index contributed by atoms with van der Waals surface area (Å²) in [7, 11) is 0. The number of ether oxygens (including phenoxy) is 2. The van der Waals surface area contributed by atoms with Crippen molar-refractivity contribution in [2.24, 2.45) is 0 Å². The number of rotatable bonds is 3. The van der Waals surface area contributed by atoms with Gasteiger partial charge in [0, 0.05) is 6.42 Å². The summed E-state index contributed by atoms with van der Waals surface area (Å²) in [5, 5.41) is 8.40. The molecule has 0 bridgehead atoms. The van der Waals surface area contributed by atoms with Crippen molar-refractivity contribution in [3.05, 3.63) is 23.8 Å². The van der Waals surface area contributed by atoms with Crippen LogP contribution in [0.25, 0.3) is 0 Å². The predicted octanol–water partition coefficient (Wildman–Crippen LogP) is 2.26. The van der Waals surface area contributed by atoms with E-state index >= 15 is 0 Å². The molecule has 0 aromatic heterocycles. The summed E-state index contributed by atoms with van der Waals surface area (Å²) < 4.78 is 10.5. The van der Waals surface area contributed by atoms with Crippen molar-refractivity contribution in [2.75, 3.05) is 6.79 Å². The van der Waals surface area contributed by atoms with Crippen LogP contribution >= 0.6 is 0 Å². The van der Waals surface area contributed by atoms with Crippen LogP contribution in [0.3, 0.4) is 0 Å². The average Bonchev–Trinajstić information content (AvgIpc) is 2.65. The molecule has 1 heterocycles. The molecule has 72 valence electrons. The number of aryl methyl sites for hydroxylation is 1. The summed E-state index contributed by atoms with van der Waals surface area (Å²) in [5.41, 5.74) is 1.20. The van der Waals surface area contributed by atoms with Crippen molar-refractivity contribution < 1.29 is 9.47 Å². The lowest BCUT2D eigenvalue weighted by Gasteiger charge is -2.00. The molecule has 1 aliphatic heterocycles. The van der Waals surface area contributed by atoms with Crippen molar-refractivity contribution in [2.45, 2.75) is 19.3 Å². The molecule has 0 atom stereocenters. The van der Waals surface area contributed by atoms with E-state index in [1.807, 2.05) is 18.2 Å². The summed E-state index contributed by atoms with van der Waals surface area (Å²) >= 11 is 0. The second-order valence-corrected chi connectivity index (χ2v) is 3.20. The van der Waals surface area contributed by atoms with Crippen molar-refractivity contribution >= 4 is 0 Å². The van der Waals surface area contributed by atoms with Crippen molar-refractivity contribution in [1.82, 2.24) is 0 Å². The summed E-state index contributed by atoms with van der Waals surface area (Å²) in [6.07, 6.45) is 2.43. The molecule has 0 amide bonds. The predicted molar refractivity (Wildman–Crippen MR) is 51.1 cm³/mol. The highest BCUT2D eigenvalue weighted by Gasteiger charge is 2.12. The molecular weight excluding hydrogens is 178 g/mol. The van der Waals surface area contributed by atoms with Crippen LogP contribution in [-0.4, -0.2) is 6.79 Å². The quantitative estimate of drug-likeness (QED) is 0.685. The number of hydrogen-bond donors (Lipinski definition) is 0. The van der Waals surface area contributed by atoms with Gasteiger partial charge in [0.15, 0.2) is 11.5 Å². The Kier molecular flexibility index (Phi) is 2.55. The van der Waals surface area contributed by atoms with Crippen molar-refractivity contribution in [3.63, 3.8) is 0 Å². The molecule has 1 aliphatic rings. The minimum atomic E-state index is 0.316. The van der Waals surface area contributed by atoms with Crippen LogP contribution < -0.4 is 9.47 Å². The van der Waals surface area contributed by atoms with E-state index in [4.69, 9.17) is 14.7 Å². The van der Waals surface area contributed by atoms with E-state index in [9.17, 15) is 0 Å². The highest BCUT2D eigenvalue weighted by atomic mass is 16.7. The van der Waals surface area contributed by atoms with E-state index in [2.05, 4.69) is 6.07 Å². The maximum atomic E-state index is 8.40. The number of nitriles is 1. The van der Waals surface area contributed by atoms with Gasteiger partial charge in [0.05, 0.1) is 6.07 Å². The molecule has 0 fully saturated rings. The molecule has 0 aliphatic carbocycles. The average molecular weight is 189 g/mol. The van der Waals surface area contributed by atoms with E-state index in [1.165, 1.54) is 5.56 Å². The van der Waals surface area contributed by atoms with Crippen LogP contribution in [0.5, 0.6) is 11.5 Å². The zero-order chi connectivity index (χ0) is 9.80. The van der Waals surface area contributed by atoms with Gasteiger partial charge in [-0.05, 0) is 30.5 Å². The maximum Gasteiger partial charge on any atom is 0.231 e. The Bertz CT molecular complexity index is 368. The van der Waals surface area contributed by atoms with Crippen LogP contribution in [0.15, 0.2) is 18.2 Å². The first kappa shape index (κ1) is 8.89. The van der Waals surface area contributed by atoms with Gasteiger partial charge in [-0.25, -0.2) is 0 Å². The van der Waals surface area contributed by atoms with Crippen LogP contribution in [0.4, 0.5) is 0 Å². The van der Waals surface area contributed by atoms with E-state index in [0.29, 0.717) is 13.2 Å². The first-order valence-corrected chi connectivity index (χ1v) is 4.65. The Morgan fingerprint density at radius 3 is 3.00 bits per heavy atom. The fourth-order valence-corrected chi connectivity index (χ4v) is 1.47. The SMILES string of the molecule is N#CCCCc1ccc2c(c1)OCO2. The van der Waals surface area contributed by atoms with Crippen LogP contribution in [0.1, 0.15) is 18.4 Å². The highest BCUT2D eigenvalue weighted by molar-refractivity contribution is 5.44. The first-order chi connectivity index (χ1) is 6.90. The zero-order valence-corrected chi connectivity index (χ0v) is 7.82. The van der Waals surface area contributed by atoms with E-state index in [0.717, 1.165) is 24.3 Å². The minimum Gasteiger partial charge on any atom is -0.454 e. The van der Waals surface area contributed by atoms with E-state index in [1.54, 1.807) is 0 Å². The first-order valence-electron chi connectivity index (χ1n) is 4.65. The maximum absolute atomic E-state index is 8.40. The molecule has 0 unspecified atom stereocenters. The standard InChI is InChI=1S/C11H11NO2/c12-6-2-1-3-9-4-5-10-11(7-9)14-8-13-10/h4-5,7H,1-3,8H2. The lowest BCUT2D eigenvalue weighted by molar-refractivity contribution is 0.174. The summed E-state index contributed by atoms with van der Waals surface area (Å²) in [4.78, 5) is 0. The van der Waals surface area contributed by atoms with Gasteiger partial charge in [0.25, 0.3) is 0 Å². The monoisotopic (exact) mass is 189 g/mol. The fourth-order valence-electron chi connectivity index (χ4n) is 1.47. The third kappa shape index (κ3) is 1.80. The second kappa shape index (κ2) is 4.01. The molecule has 0 spiro atoms. The molecular formula is C11H11NO2. The van der Waals surface area contributed by atoms with Gasteiger partial charge in [0.2, 0.25) is 6.79 Å². The summed E-state index contributed by atoms with van der Waals surface area (Å²) in [5.74, 6) is 1.63. The molecule has 0 saturated heterocycles. The summed E-state index contributed by atoms with van der Waals surface area (Å²) in [6.45, 7) is 0.316. The smallest absolute Gasteiger partial charge is 0.231 e. The molecule has 1 aromatic carbocycles. The number of benzene rings is 1. The molecule has 0 N–H and O–H groups in total. The molecule has 3 heteroatoms. The third-order valence-corrected chi connectivity index (χ3v) is 2.19. The van der Waals surface area contributed by atoms with Gasteiger partial charge >= 0.3 is 0 Å². The Morgan fingerprint density at radius 2 is 2.14 bits per heavy atom. The van der Waals surface area contributed by atoms with Gasteiger partial charge in [-0.1, -0.05) is 6.07 Å². The largest absolute Gasteiger partial charge is 0.454 e. The zero-order valence-electron chi connectivity index (χ0n) is 7.82. The van der Waals surface area contributed by atoms with Gasteiger partial charge in [-0.3, -0.25) is 0 Å². The summed E-state index contributed by atoms with van der Waals surface area (Å²) in [6, 6.07) is 8.06. The molecule has 2 rings (SSSR count). The minimum absolute atomic E-state index is 0.316. The number of hydrogen-bond acceptors (Lipinski definition) is 3. The number of fused-ring (bicyclic) bond motifs is 1. The normalized spacial score (nSPS) is 12.5. The van der Waals surface area contributed by atoms with Crippen LogP contribution in [0, 0.1) is 11.3 Å². The Morgan fingerprint density at radius 1 is 1.29 bits per heavy atom. The molecule has 14 heavy (non-hydrogen) atoms. The Balaban J connectivity index is 2.02. The molecule has 1 aromatic rings. The van der Waals surface area contributed by atoms with Gasteiger partial charge < -0.3 is 9.47 Å². The van der Waals surface area contributed by atoms with Crippen LogP contribution in [0.2, 0.25) is 0 Å². The van der Waals surface area contributed by atoms with E-state index < -0.39 is 0 Å². The third-order valence-electron chi connectivity index (χ3n) is 2.19. The topological polar surface area (TPSA) is 42.2 Å². The number of nitrogens with zero attached hydrogens (tertiary/aromatic N) is 1. The Labute approximate surface area is 82.9 Å². The highest BCUT2D eigenvalue weighted by Crippen LogP contribution is 2.32. The van der Waals surface area contributed by atoms with Gasteiger partial charge in [0.1, 0.15) is 0 Å². The molecule has 3 nitrogen and oxygen atoms in total. The molecule has 0 saturated carbocycles. The van der Waals surface area contributed by atoms with Crippen molar-refractivity contribution in [1.29, 1.82) is 5.26 Å². The lowest BCUT2D eigenvalue weighted by atomic mass is 10.1. The second-order valence-electron chi connectivity index (χ2n) is 3.20. The van der Waals surface area contributed by atoms with Crippen LogP contribution in [-0.2, 0) is 6.42 Å². The van der Waals surface area contributed by atoms with E-state index in [-0.39, 0.29) is 0 Å². The van der Waals surface area contributed by atoms with Crippen molar-refractivity contribution in [3.8, 4) is 17.6 Å². The number of unbranched alkanes of at least 4 members (excludes halogenated alkanes) is 1. The van der Waals surface area contributed by atoms with Gasteiger partial charge in [-0.15, -0.1) is 0 Å².